The number of nitrogens with zero attached hydrogens (tertiary/aromatic N) is 2. The number of benzene rings is 1. The molecule has 4 aliphatic carbocycles. The van der Waals surface area contributed by atoms with E-state index in [9.17, 15) is 34.8 Å². The summed E-state index contributed by atoms with van der Waals surface area (Å²) in [4.78, 5) is 42.8. The summed E-state index contributed by atoms with van der Waals surface area (Å²) in [6.45, 7) is 0.518. The van der Waals surface area contributed by atoms with Crippen LogP contribution in [0.15, 0.2) is 23.0 Å². The number of rotatable bonds is 6. The molecular weight excluding hydrogens is 494 g/mol. The Morgan fingerprint density at radius 1 is 1.18 bits per heavy atom. The number of hydrogen-bond acceptors (Lipinski definition) is 10. The third-order valence-corrected chi connectivity index (χ3v) is 8.54. The van der Waals surface area contributed by atoms with Gasteiger partial charge in [0.1, 0.15) is 28.6 Å². The molecule has 6 N–H and O–H groups in total. The fourth-order valence-corrected chi connectivity index (χ4v) is 6.64. The predicted octanol–water partition coefficient (Wildman–Crippen LogP) is 0.567. The predicted molar refractivity (Wildman–Crippen MR) is 135 cm³/mol. The second-order valence-corrected chi connectivity index (χ2v) is 11.0. The number of primary amides is 1. The lowest BCUT2D eigenvalue weighted by Gasteiger charge is -2.50. The Balaban J connectivity index is 1.68. The number of nitrogens with two attached hydrogens (primary N) is 1. The largest absolute Gasteiger partial charge is 0.508 e. The lowest BCUT2D eigenvalue weighted by molar-refractivity contribution is -0.153. The van der Waals surface area contributed by atoms with Gasteiger partial charge in [-0.2, -0.15) is 0 Å². The Labute approximate surface area is 219 Å². The smallest absolute Gasteiger partial charge is 0.255 e. The number of carbonyl (C=O) groups is 3. The van der Waals surface area contributed by atoms with E-state index in [1.807, 2.05) is 7.05 Å². The maximum Gasteiger partial charge on any atom is 0.255 e. The average Bonchev–Trinajstić information content (AvgIpc) is 3.66. The molecule has 0 aliphatic heterocycles. The summed E-state index contributed by atoms with van der Waals surface area (Å²) < 4.78 is 5.75. The molecule has 4 aliphatic rings. The summed E-state index contributed by atoms with van der Waals surface area (Å²) in [5.41, 5.74) is 2.96. The Bertz CT molecular complexity index is 1330. The number of Topliss-reactive ketones (excluding diaryl/α,β-unsaturated/α-hetero) is 2. The number of amides is 1. The van der Waals surface area contributed by atoms with Crippen LogP contribution >= 0.6 is 0 Å². The molecule has 204 valence electrons. The van der Waals surface area contributed by atoms with Gasteiger partial charge in [-0.15, -0.1) is 0 Å². The Kier molecular flexibility index (Phi) is 6.08. The van der Waals surface area contributed by atoms with Gasteiger partial charge in [-0.25, -0.2) is 0 Å². The summed E-state index contributed by atoms with van der Waals surface area (Å²) in [7, 11) is 6.63. The minimum absolute atomic E-state index is 0.0240. The molecule has 0 heterocycles. The van der Waals surface area contributed by atoms with Crippen molar-refractivity contribution in [3.63, 3.8) is 0 Å². The molecule has 1 aromatic rings. The molecule has 0 saturated heterocycles. The average molecular weight is 528 g/mol. The second kappa shape index (κ2) is 8.82. The summed E-state index contributed by atoms with van der Waals surface area (Å²) in [6, 6.07) is 0.841. The standard InChI is InChI=1S/C27H33N3O8/c1-29(2)20-15-8-11-7-14-18(16(31)9-12(23(14)38-4)10-30(3)13-5-6-13)21(32)17(11)24(34)27(15,37)25(35)19(22(20)33)26(28)36/h9,11,13,15,20,31-32,35,37H,5-8,10H2,1-4H3,(H2,28,36)/t11-,15-,20-,27-/m0/s1. The Morgan fingerprint density at radius 2 is 1.84 bits per heavy atom. The molecule has 11 nitrogen and oxygen atoms in total. The van der Waals surface area contributed by atoms with Crippen LogP contribution < -0.4 is 10.5 Å². The number of phenols is 1. The molecule has 2 saturated carbocycles. The number of carbonyl (C=O) groups excluding carboxylic acids is 3. The van der Waals surface area contributed by atoms with Crippen LogP contribution in [0.4, 0.5) is 0 Å². The van der Waals surface area contributed by atoms with E-state index in [0.29, 0.717) is 23.9 Å². The van der Waals surface area contributed by atoms with E-state index in [-0.39, 0.29) is 29.7 Å². The summed E-state index contributed by atoms with van der Waals surface area (Å²) in [6.07, 6.45) is 2.41. The zero-order chi connectivity index (χ0) is 27.8. The van der Waals surface area contributed by atoms with E-state index < -0.39 is 58.0 Å². The van der Waals surface area contributed by atoms with E-state index in [1.54, 1.807) is 14.1 Å². The summed E-state index contributed by atoms with van der Waals surface area (Å²) in [5, 5.41) is 44.9. The molecule has 0 aromatic heterocycles. The van der Waals surface area contributed by atoms with Gasteiger partial charge in [0.2, 0.25) is 5.78 Å². The highest BCUT2D eigenvalue weighted by Gasteiger charge is 2.64. The monoisotopic (exact) mass is 527 g/mol. The van der Waals surface area contributed by atoms with Crippen molar-refractivity contribution in [3.05, 3.63) is 39.7 Å². The molecular formula is C27H33N3O8. The minimum Gasteiger partial charge on any atom is -0.508 e. The number of aliphatic hydroxyl groups excluding tert-OH is 2. The summed E-state index contributed by atoms with van der Waals surface area (Å²) >= 11 is 0. The zero-order valence-electron chi connectivity index (χ0n) is 21.8. The van der Waals surface area contributed by atoms with E-state index in [2.05, 4.69) is 4.90 Å². The van der Waals surface area contributed by atoms with Crippen LogP contribution in [-0.4, -0.2) is 93.6 Å². The lowest BCUT2D eigenvalue weighted by Crippen LogP contribution is -2.65. The normalized spacial score (nSPS) is 29.0. The van der Waals surface area contributed by atoms with Crippen molar-refractivity contribution >= 4 is 23.2 Å². The molecule has 0 unspecified atom stereocenters. The molecule has 38 heavy (non-hydrogen) atoms. The topological polar surface area (TPSA) is 174 Å². The second-order valence-electron chi connectivity index (χ2n) is 11.0. The van der Waals surface area contributed by atoms with Crippen molar-refractivity contribution in [3.8, 4) is 11.5 Å². The molecule has 1 amide bonds. The van der Waals surface area contributed by atoms with E-state index in [4.69, 9.17) is 10.5 Å². The minimum atomic E-state index is -2.66. The van der Waals surface area contributed by atoms with Gasteiger partial charge in [0.15, 0.2) is 11.4 Å². The Morgan fingerprint density at radius 3 is 2.39 bits per heavy atom. The number of likely N-dealkylation sites (N-methyl/N-ethyl adjacent to an activating group) is 1. The highest BCUT2D eigenvalue weighted by molar-refractivity contribution is 6.24. The Hall–Kier alpha value is -3.41. The molecule has 0 spiro atoms. The number of fused-ring (bicyclic) bond motifs is 3. The van der Waals surface area contributed by atoms with Crippen molar-refractivity contribution in [1.82, 2.24) is 9.80 Å². The molecule has 2 fully saturated rings. The van der Waals surface area contributed by atoms with Crippen LogP contribution in [0.2, 0.25) is 0 Å². The van der Waals surface area contributed by atoms with Gasteiger partial charge in [0, 0.05) is 35.2 Å². The first-order valence-corrected chi connectivity index (χ1v) is 12.6. The van der Waals surface area contributed by atoms with Gasteiger partial charge in [-0.1, -0.05) is 0 Å². The third kappa shape index (κ3) is 3.56. The fraction of sp³-hybridized carbons (Fsp3) is 0.519. The molecule has 11 heteroatoms. The highest BCUT2D eigenvalue weighted by Crippen LogP contribution is 2.54. The van der Waals surface area contributed by atoms with Crippen molar-refractivity contribution in [1.29, 1.82) is 0 Å². The van der Waals surface area contributed by atoms with Gasteiger partial charge < -0.3 is 30.9 Å². The number of aliphatic hydroxyl groups is 3. The number of hydrogen-bond donors (Lipinski definition) is 5. The number of ether oxygens (including phenoxy) is 1. The van der Waals surface area contributed by atoms with Gasteiger partial charge in [0.05, 0.1) is 18.7 Å². The first-order chi connectivity index (χ1) is 17.8. The van der Waals surface area contributed by atoms with Crippen LogP contribution in [0.25, 0.3) is 5.76 Å². The quantitative estimate of drug-likeness (QED) is 0.329. The van der Waals surface area contributed by atoms with Crippen LogP contribution in [-0.2, 0) is 27.3 Å². The van der Waals surface area contributed by atoms with Crippen LogP contribution in [0.3, 0.4) is 0 Å². The van der Waals surface area contributed by atoms with Crippen molar-refractivity contribution < 1.29 is 39.5 Å². The zero-order valence-corrected chi connectivity index (χ0v) is 21.8. The van der Waals surface area contributed by atoms with Crippen molar-refractivity contribution in [2.45, 2.75) is 49.9 Å². The molecule has 1 aromatic carbocycles. The maximum absolute atomic E-state index is 13.9. The molecule has 5 rings (SSSR count). The van der Waals surface area contributed by atoms with Crippen LogP contribution in [0, 0.1) is 11.8 Å². The maximum atomic E-state index is 13.9. The molecule has 4 atom stereocenters. The van der Waals surface area contributed by atoms with E-state index in [1.165, 1.54) is 18.1 Å². The first-order valence-electron chi connectivity index (χ1n) is 12.6. The van der Waals surface area contributed by atoms with Crippen molar-refractivity contribution in [2.24, 2.45) is 17.6 Å². The fourth-order valence-electron chi connectivity index (χ4n) is 6.64. The van der Waals surface area contributed by atoms with Gasteiger partial charge in [0.25, 0.3) is 5.91 Å². The van der Waals surface area contributed by atoms with Crippen molar-refractivity contribution in [2.75, 3.05) is 28.3 Å². The molecule has 0 bridgehead atoms. The number of phenolic OH excluding ortho intramolecular Hbond substituents is 1. The van der Waals surface area contributed by atoms with Gasteiger partial charge >= 0.3 is 0 Å². The SMILES string of the molecule is COc1c(CN(C)C2CC2)cc(O)c2c1C[C@H]1C[C@H]3[C@H](N(C)C)C(=O)C(C(N)=O)=C(O)[C@@]3(O)C(=O)C1=C2O. The number of ketones is 2. The highest BCUT2D eigenvalue weighted by atomic mass is 16.5. The third-order valence-electron chi connectivity index (χ3n) is 8.54. The van der Waals surface area contributed by atoms with Crippen LogP contribution in [0.5, 0.6) is 11.5 Å². The van der Waals surface area contributed by atoms with Gasteiger partial charge in [-0.05, 0) is 58.8 Å². The van der Waals surface area contributed by atoms with Crippen LogP contribution in [0.1, 0.15) is 36.0 Å². The van der Waals surface area contributed by atoms with Gasteiger partial charge in [-0.3, -0.25) is 24.2 Å². The van der Waals surface area contributed by atoms with E-state index in [0.717, 1.165) is 18.4 Å². The van der Waals surface area contributed by atoms with E-state index >= 15 is 0 Å². The summed E-state index contributed by atoms with van der Waals surface area (Å²) in [5.74, 6) is -6.23. The first kappa shape index (κ1) is 26.2. The lowest BCUT2D eigenvalue weighted by atomic mass is 9.57. The number of aromatic hydroxyl groups is 1. The number of methoxy groups -OCH3 is 1. The molecule has 0 radical (unpaired) electrons.